The highest BCUT2D eigenvalue weighted by atomic mass is 16.2. The van der Waals surface area contributed by atoms with Gasteiger partial charge in [-0.25, -0.2) is 0 Å². The van der Waals surface area contributed by atoms with Gasteiger partial charge in [0.1, 0.15) is 0 Å². The monoisotopic (exact) mass is 306 g/mol. The Balaban J connectivity index is 1.97. The van der Waals surface area contributed by atoms with Crippen LogP contribution >= 0.6 is 0 Å². The van der Waals surface area contributed by atoms with Gasteiger partial charge in [-0.3, -0.25) is 4.79 Å². The summed E-state index contributed by atoms with van der Waals surface area (Å²) in [6.07, 6.45) is 1.94. The van der Waals surface area contributed by atoms with E-state index in [-0.39, 0.29) is 5.91 Å². The van der Waals surface area contributed by atoms with Gasteiger partial charge in [0.25, 0.3) is 0 Å². The fourth-order valence-corrected chi connectivity index (χ4v) is 2.99. The molecule has 3 heteroatoms. The normalized spacial score (nSPS) is 11.7. The number of aromatic nitrogens is 1. The molecule has 1 heterocycles. The summed E-state index contributed by atoms with van der Waals surface area (Å²) in [7, 11) is 0. The van der Waals surface area contributed by atoms with Crippen molar-refractivity contribution in [1.29, 1.82) is 0 Å². The molecule has 118 valence electrons. The summed E-state index contributed by atoms with van der Waals surface area (Å²) >= 11 is 0. The molecule has 2 N–H and O–H groups in total. The SMILES string of the molecule is Cc1cccc(C)c1NC(=O)C(C)(C)c1c[nH]c2ccccc12. The van der Waals surface area contributed by atoms with Crippen LogP contribution in [0.15, 0.2) is 48.7 Å². The van der Waals surface area contributed by atoms with E-state index < -0.39 is 5.41 Å². The molecule has 0 radical (unpaired) electrons. The molecule has 0 unspecified atom stereocenters. The molecule has 0 saturated carbocycles. The van der Waals surface area contributed by atoms with Crippen molar-refractivity contribution in [2.24, 2.45) is 0 Å². The van der Waals surface area contributed by atoms with Crippen LogP contribution in [-0.4, -0.2) is 10.9 Å². The maximum Gasteiger partial charge on any atom is 0.234 e. The molecular formula is C20H22N2O. The molecule has 2 aromatic carbocycles. The van der Waals surface area contributed by atoms with Crippen molar-refractivity contribution in [2.45, 2.75) is 33.1 Å². The molecule has 3 nitrogen and oxygen atoms in total. The number of anilines is 1. The first-order valence-corrected chi connectivity index (χ1v) is 7.85. The highest BCUT2D eigenvalue weighted by Gasteiger charge is 2.32. The molecule has 0 bridgehead atoms. The number of fused-ring (bicyclic) bond motifs is 1. The Morgan fingerprint density at radius 2 is 1.65 bits per heavy atom. The lowest BCUT2D eigenvalue weighted by molar-refractivity contribution is -0.120. The Morgan fingerprint density at radius 1 is 1.00 bits per heavy atom. The number of nitrogens with one attached hydrogen (secondary N) is 2. The van der Waals surface area contributed by atoms with Crippen molar-refractivity contribution in [3.05, 3.63) is 65.4 Å². The summed E-state index contributed by atoms with van der Waals surface area (Å²) in [5, 5.41) is 4.21. The van der Waals surface area contributed by atoms with Crippen LogP contribution in [0.5, 0.6) is 0 Å². The van der Waals surface area contributed by atoms with Crippen LogP contribution in [0.4, 0.5) is 5.69 Å². The smallest absolute Gasteiger partial charge is 0.234 e. The number of rotatable bonds is 3. The second-order valence-electron chi connectivity index (χ2n) is 6.59. The molecular weight excluding hydrogens is 284 g/mol. The first-order chi connectivity index (χ1) is 10.9. The zero-order valence-electron chi connectivity index (χ0n) is 14.0. The van der Waals surface area contributed by atoms with Crippen molar-refractivity contribution in [3.8, 4) is 0 Å². The molecule has 0 atom stereocenters. The molecule has 0 saturated heterocycles. The predicted octanol–water partition coefficient (Wildman–Crippen LogP) is 4.70. The van der Waals surface area contributed by atoms with Gasteiger partial charge in [-0.05, 0) is 50.5 Å². The number of carbonyl (C=O) groups excluding carboxylic acids is 1. The quantitative estimate of drug-likeness (QED) is 0.723. The summed E-state index contributed by atoms with van der Waals surface area (Å²) in [5.41, 5.74) is 4.49. The lowest BCUT2D eigenvalue weighted by Gasteiger charge is -2.24. The number of benzene rings is 2. The number of carbonyl (C=O) groups is 1. The zero-order valence-corrected chi connectivity index (χ0v) is 14.0. The van der Waals surface area contributed by atoms with Crippen molar-refractivity contribution < 1.29 is 4.79 Å². The van der Waals surface area contributed by atoms with Gasteiger partial charge in [0, 0.05) is 22.8 Å². The van der Waals surface area contributed by atoms with Crippen LogP contribution < -0.4 is 5.32 Å². The Bertz CT molecular complexity index is 854. The van der Waals surface area contributed by atoms with E-state index in [2.05, 4.69) is 16.4 Å². The van der Waals surface area contributed by atoms with Gasteiger partial charge in [-0.1, -0.05) is 36.4 Å². The van der Waals surface area contributed by atoms with E-state index in [0.717, 1.165) is 33.3 Å². The van der Waals surface area contributed by atoms with E-state index in [1.54, 1.807) is 0 Å². The van der Waals surface area contributed by atoms with Gasteiger partial charge in [0.15, 0.2) is 0 Å². The molecule has 0 aliphatic carbocycles. The number of amides is 1. The molecule has 3 rings (SSSR count). The average molecular weight is 306 g/mol. The average Bonchev–Trinajstić information content (AvgIpc) is 2.95. The minimum Gasteiger partial charge on any atom is -0.361 e. The minimum atomic E-state index is -0.631. The molecule has 3 aromatic rings. The molecule has 0 spiro atoms. The molecule has 23 heavy (non-hydrogen) atoms. The largest absolute Gasteiger partial charge is 0.361 e. The maximum absolute atomic E-state index is 13.0. The van der Waals surface area contributed by atoms with Crippen molar-refractivity contribution in [2.75, 3.05) is 5.32 Å². The van der Waals surface area contributed by atoms with Gasteiger partial charge in [-0.2, -0.15) is 0 Å². The zero-order chi connectivity index (χ0) is 16.6. The third-order valence-electron chi connectivity index (χ3n) is 4.55. The van der Waals surface area contributed by atoms with Gasteiger partial charge < -0.3 is 10.3 Å². The Hall–Kier alpha value is -2.55. The molecule has 1 aromatic heterocycles. The van der Waals surface area contributed by atoms with E-state index in [1.807, 2.05) is 70.3 Å². The Labute approximate surface area is 136 Å². The van der Waals surface area contributed by atoms with Crippen LogP contribution in [0.1, 0.15) is 30.5 Å². The second-order valence-corrected chi connectivity index (χ2v) is 6.59. The fourth-order valence-electron chi connectivity index (χ4n) is 2.99. The Morgan fingerprint density at radius 3 is 2.35 bits per heavy atom. The summed E-state index contributed by atoms with van der Waals surface area (Å²) < 4.78 is 0. The highest BCUT2D eigenvalue weighted by Crippen LogP contribution is 2.32. The number of hydrogen-bond donors (Lipinski definition) is 2. The topological polar surface area (TPSA) is 44.9 Å². The van der Waals surface area contributed by atoms with E-state index in [0.29, 0.717) is 0 Å². The van der Waals surface area contributed by atoms with Crippen LogP contribution in [0, 0.1) is 13.8 Å². The number of aryl methyl sites for hydroxylation is 2. The van der Waals surface area contributed by atoms with Gasteiger partial charge >= 0.3 is 0 Å². The molecule has 0 aliphatic rings. The van der Waals surface area contributed by atoms with Crippen LogP contribution in [0.3, 0.4) is 0 Å². The van der Waals surface area contributed by atoms with E-state index in [1.165, 1.54) is 0 Å². The summed E-state index contributed by atoms with van der Waals surface area (Å²) in [5.74, 6) is -0.000321. The molecule has 1 amide bonds. The fraction of sp³-hybridized carbons (Fsp3) is 0.250. The van der Waals surface area contributed by atoms with Crippen LogP contribution in [0.2, 0.25) is 0 Å². The second kappa shape index (κ2) is 5.58. The van der Waals surface area contributed by atoms with Crippen molar-refractivity contribution >= 4 is 22.5 Å². The molecule has 0 fully saturated rings. The third kappa shape index (κ3) is 2.63. The predicted molar refractivity (Wildman–Crippen MR) is 95.9 cm³/mol. The van der Waals surface area contributed by atoms with E-state index >= 15 is 0 Å². The van der Waals surface area contributed by atoms with Gasteiger partial charge in [-0.15, -0.1) is 0 Å². The summed E-state index contributed by atoms with van der Waals surface area (Å²) in [4.78, 5) is 16.2. The maximum atomic E-state index is 13.0. The van der Waals surface area contributed by atoms with Gasteiger partial charge in [0.05, 0.1) is 5.41 Å². The highest BCUT2D eigenvalue weighted by molar-refractivity contribution is 6.02. The van der Waals surface area contributed by atoms with E-state index in [4.69, 9.17) is 0 Å². The first kappa shape index (κ1) is 15.3. The number of H-pyrrole nitrogens is 1. The van der Waals surface area contributed by atoms with E-state index in [9.17, 15) is 4.79 Å². The summed E-state index contributed by atoms with van der Waals surface area (Å²) in [6.45, 7) is 7.96. The van der Waals surface area contributed by atoms with Gasteiger partial charge in [0.2, 0.25) is 5.91 Å². The Kier molecular flexibility index (Phi) is 3.72. The lowest BCUT2D eigenvalue weighted by atomic mass is 9.83. The first-order valence-electron chi connectivity index (χ1n) is 7.85. The van der Waals surface area contributed by atoms with Crippen molar-refractivity contribution in [3.63, 3.8) is 0 Å². The van der Waals surface area contributed by atoms with Crippen LogP contribution in [0.25, 0.3) is 10.9 Å². The minimum absolute atomic E-state index is 0.000321. The van der Waals surface area contributed by atoms with Crippen LogP contribution in [-0.2, 0) is 10.2 Å². The third-order valence-corrected chi connectivity index (χ3v) is 4.55. The summed E-state index contributed by atoms with van der Waals surface area (Å²) in [6, 6.07) is 14.1. The number of hydrogen-bond acceptors (Lipinski definition) is 1. The van der Waals surface area contributed by atoms with Crippen molar-refractivity contribution in [1.82, 2.24) is 4.98 Å². The lowest BCUT2D eigenvalue weighted by Crippen LogP contribution is -2.35. The number of aromatic amines is 1. The standard InChI is InChI=1S/C20H22N2O/c1-13-8-7-9-14(2)18(13)22-19(23)20(3,4)16-12-21-17-11-6-5-10-15(16)17/h5-12,21H,1-4H3,(H,22,23). The number of para-hydroxylation sites is 2. The molecule has 0 aliphatic heterocycles.